The van der Waals surface area contributed by atoms with Crippen LogP contribution in [0.3, 0.4) is 0 Å². The largest absolute Gasteiger partial charge is 0.345 e. The van der Waals surface area contributed by atoms with E-state index >= 15 is 0 Å². The predicted molar refractivity (Wildman–Crippen MR) is 81.5 cm³/mol. The van der Waals surface area contributed by atoms with Crippen LogP contribution in [0.4, 0.5) is 0 Å². The van der Waals surface area contributed by atoms with E-state index in [1.165, 1.54) is 0 Å². The van der Waals surface area contributed by atoms with Crippen LogP contribution < -0.4 is 5.32 Å². The number of carbonyl (C=O) groups is 1. The second-order valence-electron chi connectivity index (χ2n) is 4.85. The van der Waals surface area contributed by atoms with Crippen LogP contribution in [0.5, 0.6) is 0 Å². The Morgan fingerprint density at radius 2 is 2.14 bits per heavy atom. The van der Waals surface area contributed by atoms with Crippen molar-refractivity contribution in [2.24, 2.45) is 0 Å². The van der Waals surface area contributed by atoms with Gasteiger partial charge in [-0.25, -0.2) is 9.97 Å². The van der Waals surface area contributed by atoms with Gasteiger partial charge < -0.3 is 5.32 Å². The van der Waals surface area contributed by atoms with Crippen molar-refractivity contribution in [2.75, 3.05) is 0 Å². The Labute approximate surface area is 127 Å². The topological polar surface area (TPSA) is 72.7 Å². The van der Waals surface area contributed by atoms with Gasteiger partial charge in [0.15, 0.2) is 0 Å². The van der Waals surface area contributed by atoms with E-state index in [2.05, 4.69) is 20.3 Å². The fourth-order valence-electron chi connectivity index (χ4n) is 2.09. The number of rotatable bonds is 4. The van der Waals surface area contributed by atoms with Gasteiger partial charge in [0, 0.05) is 36.5 Å². The molecule has 6 nitrogen and oxygen atoms in total. The highest BCUT2D eigenvalue weighted by atomic mass is 16.1. The van der Waals surface area contributed by atoms with Gasteiger partial charge >= 0.3 is 0 Å². The Balaban J connectivity index is 1.77. The van der Waals surface area contributed by atoms with Crippen molar-refractivity contribution in [1.82, 2.24) is 24.8 Å². The first-order valence-electron chi connectivity index (χ1n) is 6.89. The summed E-state index contributed by atoms with van der Waals surface area (Å²) in [6.45, 7) is 1.92. The molecule has 1 amide bonds. The molecule has 1 atom stereocenters. The Kier molecular flexibility index (Phi) is 3.91. The fraction of sp³-hybridized carbons (Fsp3) is 0.125. The summed E-state index contributed by atoms with van der Waals surface area (Å²) in [5, 5.41) is 2.95. The number of nitrogens with one attached hydrogen (secondary N) is 1. The molecule has 1 N–H and O–H groups in total. The van der Waals surface area contributed by atoms with Gasteiger partial charge in [0.1, 0.15) is 12.1 Å². The molecule has 0 bridgehead atoms. The second-order valence-corrected chi connectivity index (χ2v) is 4.85. The molecule has 0 saturated carbocycles. The summed E-state index contributed by atoms with van der Waals surface area (Å²) < 4.78 is 1.75. The monoisotopic (exact) mass is 293 g/mol. The molecule has 0 spiro atoms. The minimum Gasteiger partial charge on any atom is -0.345 e. The van der Waals surface area contributed by atoms with Gasteiger partial charge in [-0.2, -0.15) is 0 Å². The third kappa shape index (κ3) is 3.01. The molecule has 0 aromatic carbocycles. The number of aromatic nitrogens is 4. The summed E-state index contributed by atoms with van der Waals surface area (Å²) in [6, 6.07) is 7.08. The third-order valence-electron chi connectivity index (χ3n) is 3.31. The van der Waals surface area contributed by atoms with E-state index in [9.17, 15) is 4.79 Å². The maximum absolute atomic E-state index is 12.4. The first-order chi connectivity index (χ1) is 10.7. The van der Waals surface area contributed by atoms with E-state index in [0.29, 0.717) is 11.4 Å². The summed E-state index contributed by atoms with van der Waals surface area (Å²) in [5.74, 6) is 0.499. The molecular formula is C16H15N5O. The zero-order valence-electron chi connectivity index (χ0n) is 12.0. The van der Waals surface area contributed by atoms with Crippen LogP contribution in [0.15, 0.2) is 61.6 Å². The van der Waals surface area contributed by atoms with Gasteiger partial charge in [-0.15, -0.1) is 0 Å². The number of amides is 1. The van der Waals surface area contributed by atoms with E-state index in [1.54, 1.807) is 54.0 Å². The minimum absolute atomic E-state index is 0.119. The summed E-state index contributed by atoms with van der Waals surface area (Å²) >= 11 is 0. The zero-order valence-corrected chi connectivity index (χ0v) is 12.0. The van der Waals surface area contributed by atoms with Crippen molar-refractivity contribution >= 4 is 5.91 Å². The number of pyridine rings is 2. The molecule has 0 aliphatic carbocycles. The van der Waals surface area contributed by atoms with Crippen LogP contribution in [0.25, 0.3) is 5.82 Å². The Morgan fingerprint density at radius 3 is 2.86 bits per heavy atom. The molecule has 0 saturated heterocycles. The number of hydrogen-bond donors (Lipinski definition) is 1. The van der Waals surface area contributed by atoms with E-state index in [4.69, 9.17) is 0 Å². The first-order valence-corrected chi connectivity index (χ1v) is 6.89. The van der Waals surface area contributed by atoms with Gasteiger partial charge in [0.25, 0.3) is 5.91 Å². The quantitative estimate of drug-likeness (QED) is 0.800. The molecule has 110 valence electrons. The SMILES string of the molecule is C[C@@H](NC(=O)c1ccnc(-n2ccnc2)c1)c1cccnc1. The number of nitrogens with zero attached hydrogens (tertiary/aromatic N) is 4. The molecule has 0 aliphatic rings. The van der Waals surface area contributed by atoms with Crippen molar-refractivity contribution in [3.63, 3.8) is 0 Å². The van der Waals surface area contributed by atoms with Gasteiger partial charge in [0.2, 0.25) is 0 Å². The lowest BCUT2D eigenvalue weighted by atomic mass is 10.1. The molecule has 3 rings (SSSR count). The van der Waals surface area contributed by atoms with Crippen molar-refractivity contribution < 1.29 is 4.79 Å². The molecule has 6 heteroatoms. The van der Waals surface area contributed by atoms with Crippen LogP contribution >= 0.6 is 0 Å². The minimum atomic E-state index is -0.153. The maximum Gasteiger partial charge on any atom is 0.251 e. The molecule has 22 heavy (non-hydrogen) atoms. The zero-order chi connectivity index (χ0) is 15.4. The smallest absolute Gasteiger partial charge is 0.251 e. The van der Waals surface area contributed by atoms with E-state index < -0.39 is 0 Å². The van der Waals surface area contributed by atoms with Gasteiger partial charge in [0.05, 0.1) is 6.04 Å². The summed E-state index contributed by atoms with van der Waals surface area (Å²) in [5.41, 5.74) is 1.51. The lowest BCUT2D eigenvalue weighted by Gasteiger charge is -2.14. The number of hydrogen-bond acceptors (Lipinski definition) is 4. The summed E-state index contributed by atoms with van der Waals surface area (Å²) in [7, 11) is 0. The van der Waals surface area contributed by atoms with Gasteiger partial charge in [-0.3, -0.25) is 14.3 Å². The second kappa shape index (κ2) is 6.17. The average Bonchev–Trinajstić information content (AvgIpc) is 3.10. The number of imidazole rings is 1. The fourth-order valence-corrected chi connectivity index (χ4v) is 2.09. The lowest BCUT2D eigenvalue weighted by Crippen LogP contribution is -2.26. The first kappa shape index (κ1) is 13.9. The standard InChI is InChI=1S/C16H15N5O/c1-12(14-3-2-5-17-10-14)20-16(22)13-4-6-19-15(9-13)21-8-7-18-11-21/h2-12H,1H3,(H,20,22)/t12-/m1/s1. The molecule has 3 aromatic heterocycles. The van der Waals surface area contributed by atoms with Crippen molar-refractivity contribution in [1.29, 1.82) is 0 Å². The van der Waals surface area contributed by atoms with Crippen LogP contribution in [-0.2, 0) is 0 Å². The molecular weight excluding hydrogens is 278 g/mol. The van der Waals surface area contributed by atoms with Crippen LogP contribution in [-0.4, -0.2) is 25.4 Å². The van der Waals surface area contributed by atoms with Crippen molar-refractivity contribution in [3.8, 4) is 5.82 Å². The molecule has 0 radical (unpaired) electrons. The molecule has 3 aromatic rings. The normalized spacial score (nSPS) is 11.9. The van der Waals surface area contributed by atoms with E-state index in [-0.39, 0.29) is 11.9 Å². The van der Waals surface area contributed by atoms with Gasteiger partial charge in [-0.1, -0.05) is 6.07 Å². The predicted octanol–water partition coefficient (Wildman–Crippen LogP) is 2.15. The highest BCUT2D eigenvalue weighted by molar-refractivity contribution is 5.94. The van der Waals surface area contributed by atoms with E-state index in [1.807, 2.05) is 19.1 Å². The third-order valence-corrected chi connectivity index (χ3v) is 3.31. The number of carbonyl (C=O) groups excluding carboxylic acids is 1. The molecule has 0 unspecified atom stereocenters. The molecule has 0 fully saturated rings. The van der Waals surface area contributed by atoms with Crippen LogP contribution in [0.2, 0.25) is 0 Å². The van der Waals surface area contributed by atoms with Crippen LogP contribution in [0.1, 0.15) is 28.9 Å². The molecule has 3 heterocycles. The van der Waals surface area contributed by atoms with Gasteiger partial charge in [-0.05, 0) is 30.7 Å². The summed E-state index contributed by atoms with van der Waals surface area (Å²) in [4.78, 5) is 24.6. The average molecular weight is 293 g/mol. The highest BCUT2D eigenvalue weighted by Crippen LogP contribution is 2.12. The van der Waals surface area contributed by atoms with Crippen LogP contribution in [0, 0.1) is 0 Å². The lowest BCUT2D eigenvalue weighted by molar-refractivity contribution is 0.0939. The van der Waals surface area contributed by atoms with Crippen molar-refractivity contribution in [3.05, 3.63) is 72.7 Å². The van der Waals surface area contributed by atoms with E-state index in [0.717, 1.165) is 5.56 Å². The maximum atomic E-state index is 12.4. The van der Waals surface area contributed by atoms with Crippen molar-refractivity contribution in [2.45, 2.75) is 13.0 Å². The summed E-state index contributed by atoms with van der Waals surface area (Å²) in [6.07, 6.45) is 10.1. The highest BCUT2D eigenvalue weighted by Gasteiger charge is 2.12. The molecule has 0 aliphatic heterocycles. The Bertz CT molecular complexity index is 755. The Hall–Kier alpha value is -3.02. The Morgan fingerprint density at radius 1 is 1.23 bits per heavy atom.